The number of nitrogens with zero attached hydrogens (tertiary/aromatic N) is 2. The lowest BCUT2D eigenvalue weighted by Crippen LogP contribution is -2.42. The molecule has 1 aliphatic heterocycles. The maximum absolute atomic E-state index is 12.0. The Morgan fingerprint density at radius 2 is 2.04 bits per heavy atom. The van der Waals surface area contributed by atoms with E-state index in [-0.39, 0.29) is 18.2 Å². The summed E-state index contributed by atoms with van der Waals surface area (Å²) in [7, 11) is 0. The quantitative estimate of drug-likeness (QED) is 0.798. The normalized spacial score (nSPS) is 15.0. The van der Waals surface area contributed by atoms with Crippen LogP contribution in [0.3, 0.4) is 0 Å². The van der Waals surface area contributed by atoms with Crippen LogP contribution in [0, 0.1) is 6.92 Å². The van der Waals surface area contributed by atoms with Crippen LogP contribution < -0.4 is 10.2 Å². The predicted molar refractivity (Wildman–Crippen MR) is 99.1 cm³/mol. The average molecular weight is 368 g/mol. The van der Waals surface area contributed by atoms with Crippen molar-refractivity contribution in [1.82, 2.24) is 10.2 Å². The molecule has 0 radical (unpaired) electrons. The highest BCUT2D eigenvalue weighted by atomic mass is 35.5. The molecule has 1 aromatic carbocycles. The number of rotatable bonds is 7. The molecule has 1 aromatic rings. The fourth-order valence-electron chi connectivity index (χ4n) is 2.70. The number of anilines is 1. The Hall–Kier alpha value is -1.63. The summed E-state index contributed by atoms with van der Waals surface area (Å²) in [6.07, 6.45) is 0.258. The van der Waals surface area contributed by atoms with Gasteiger partial charge in [0, 0.05) is 56.8 Å². The maximum Gasteiger partial charge on any atom is 0.223 e. The van der Waals surface area contributed by atoms with E-state index in [1.807, 2.05) is 19.1 Å². The van der Waals surface area contributed by atoms with Gasteiger partial charge in [0.1, 0.15) is 0 Å². The van der Waals surface area contributed by atoms with E-state index in [1.54, 1.807) is 11.0 Å². The Balaban J connectivity index is 1.78. The Bertz CT molecular complexity index is 603. The van der Waals surface area contributed by atoms with Gasteiger partial charge in [-0.05, 0) is 24.6 Å². The molecule has 0 bridgehead atoms. The van der Waals surface area contributed by atoms with E-state index in [4.69, 9.17) is 16.3 Å². The van der Waals surface area contributed by atoms with Gasteiger partial charge < -0.3 is 15.0 Å². The molecule has 138 valence electrons. The first-order chi connectivity index (χ1) is 12.0. The van der Waals surface area contributed by atoms with Crippen LogP contribution in [0.15, 0.2) is 18.2 Å². The van der Waals surface area contributed by atoms with Gasteiger partial charge in [0.2, 0.25) is 11.8 Å². The third-order valence-electron chi connectivity index (χ3n) is 4.26. The number of ether oxygens (including phenoxy) is 1. The molecular weight excluding hydrogens is 342 g/mol. The molecule has 0 atom stereocenters. The summed E-state index contributed by atoms with van der Waals surface area (Å²) < 4.78 is 5.30. The van der Waals surface area contributed by atoms with Crippen molar-refractivity contribution in [2.24, 2.45) is 0 Å². The van der Waals surface area contributed by atoms with Crippen molar-refractivity contribution in [3.63, 3.8) is 0 Å². The summed E-state index contributed by atoms with van der Waals surface area (Å²) in [6, 6.07) is 5.48. The second-order valence-corrected chi connectivity index (χ2v) is 6.57. The van der Waals surface area contributed by atoms with Gasteiger partial charge in [0.05, 0.1) is 13.2 Å². The highest BCUT2D eigenvalue weighted by Gasteiger charge is 2.15. The van der Waals surface area contributed by atoms with Crippen LogP contribution in [-0.2, 0) is 14.3 Å². The van der Waals surface area contributed by atoms with Gasteiger partial charge in [0.25, 0.3) is 0 Å². The van der Waals surface area contributed by atoms with Gasteiger partial charge in [0.15, 0.2) is 0 Å². The first kappa shape index (κ1) is 19.7. The summed E-state index contributed by atoms with van der Waals surface area (Å²) in [6.45, 7) is 8.47. The number of halogens is 1. The van der Waals surface area contributed by atoms with E-state index >= 15 is 0 Å². The number of aryl methyl sites for hydroxylation is 1. The summed E-state index contributed by atoms with van der Waals surface area (Å²) in [5.41, 5.74) is 1.67. The summed E-state index contributed by atoms with van der Waals surface area (Å²) >= 11 is 6.14. The van der Waals surface area contributed by atoms with Crippen molar-refractivity contribution in [2.75, 3.05) is 50.8 Å². The minimum absolute atomic E-state index is 0.0577. The minimum atomic E-state index is -0.110. The molecule has 2 amide bonds. The van der Waals surface area contributed by atoms with Crippen LogP contribution in [0.1, 0.15) is 18.9 Å². The number of benzene rings is 1. The molecule has 2 rings (SSSR count). The first-order valence-electron chi connectivity index (χ1n) is 8.58. The van der Waals surface area contributed by atoms with E-state index in [2.05, 4.69) is 10.2 Å². The van der Waals surface area contributed by atoms with E-state index in [0.29, 0.717) is 23.8 Å². The van der Waals surface area contributed by atoms with Crippen LogP contribution in [0.5, 0.6) is 0 Å². The molecule has 7 heteroatoms. The number of morpholine rings is 1. The van der Waals surface area contributed by atoms with Crippen molar-refractivity contribution in [2.45, 2.75) is 20.3 Å². The topological polar surface area (TPSA) is 61.9 Å². The molecule has 6 nitrogen and oxygen atoms in total. The van der Waals surface area contributed by atoms with Crippen molar-refractivity contribution in [3.8, 4) is 0 Å². The molecule has 25 heavy (non-hydrogen) atoms. The number of hydrogen-bond acceptors (Lipinski definition) is 4. The molecule has 1 fully saturated rings. The standard InChI is InChI=1S/C18H26ClN3O3/c1-14-3-4-16(13-17(14)19)22(15(2)23)7-5-18(24)20-6-8-21-9-11-25-12-10-21/h3-4,13H,5-12H2,1-2H3,(H,20,24). The Morgan fingerprint density at radius 1 is 1.32 bits per heavy atom. The summed E-state index contributed by atoms with van der Waals surface area (Å²) in [4.78, 5) is 27.8. The van der Waals surface area contributed by atoms with Crippen molar-refractivity contribution in [1.29, 1.82) is 0 Å². The first-order valence-corrected chi connectivity index (χ1v) is 8.96. The lowest BCUT2D eigenvalue weighted by Gasteiger charge is -2.26. The average Bonchev–Trinajstić information content (AvgIpc) is 2.59. The van der Waals surface area contributed by atoms with E-state index in [0.717, 1.165) is 38.4 Å². The molecule has 0 aliphatic carbocycles. The highest BCUT2D eigenvalue weighted by molar-refractivity contribution is 6.31. The fraction of sp³-hybridized carbons (Fsp3) is 0.556. The Morgan fingerprint density at radius 3 is 2.68 bits per heavy atom. The van der Waals surface area contributed by atoms with Crippen molar-refractivity contribution < 1.29 is 14.3 Å². The number of carbonyl (C=O) groups excluding carboxylic acids is 2. The SMILES string of the molecule is CC(=O)N(CCC(=O)NCCN1CCOCC1)c1ccc(C)c(Cl)c1. The maximum atomic E-state index is 12.0. The molecule has 0 spiro atoms. The van der Waals surface area contributed by atoms with Gasteiger partial charge in [-0.25, -0.2) is 0 Å². The number of carbonyl (C=O) groups is 2. The molecular formula is C18H26ClN3O3. The Labute approximate surface area is 154 Å². The van der Waals surface area contributed by atoms with E-state index < -0.39 is 0 Å². The molecule has 0 saturated carbocycles. The van der Waals surface area contributed by atoms with Crippen LogP contribution >= 0.6 is 11.6 Å². The second-order valence-electron chi connectivity index (χ2n) is 6.16. The monoisotopic (exact) mass is 367 g/mol. The fourth-order valence-corrected chi connectivity index (χ4v) is 2.87. The van der Waals surface area contributed by atoms with Gasteiger partial charge >= 0.3 is 0 Å². The van der Waals surface area contributed by atoms with Gasteiger partial charge in [-0.2, -0.15) is 0 Å². The largest absolute Gasteiger partial charge is 0.379 e. The lowest BCUT2D eigenvalue weighted by atomic mass is 10.2. The summed E-state index contributed by atoms with van der Waals surface area (Å²) in [5, 5.41) is 3.52. The third-order valence-corrected chi connectivity index (χ3v) is 4.67. The number of amides is 2. The Kier molecular flexibility index (Phi) is 7.68. The molecule has 1 saturated heterocycles. The number of nitrogens with one attached hydrogen (secondary N) is 1. The lowest BCUT2D eigenvalue weighted by molar-refractivity contribution is -0.121. The van der Waals surface area contributed by atoms with Crippen LogP contribution in [0.4, 0.5) is 5.69 Å². The van der Waals surface area contributed by atoms with Gasteiger partial charge in [-0.3, -0.25) is 14.5 Å². The van der Waals surface area contributed by atoms with Gasteiger partial charge in [-0.15, -0.1) is 0 Å². The van der Waals surface area contributed by atoms with Crippen LogP contribution in [0.25, 0.3) is 0 Å². The second kappa shape index (κ2) is 9.75. The van der Waals surface area contributed by atoms with Crippen LogP contribution in [0.2, 0.25) is 5.02 Å². The van der Waals surface area contributed by atoms with Crippen LogP contribution in [-0.4, -0.2) is 62.7 Å². The van der Waals surface area contributed by atoms with Crippen molar-refractivity contribution >= 4 is 29.1 Å². The number of hydrogen-bond donors (Lipinski definition) is 1. The zero-order valence-electron chi connectivity index (χ0n) is 14.9. The molecule has 0 aromatic heterocycles. The minimum Gasteiger partial charge on any atom is -0.379 e. The molecule has 0 unspecified atom stereocenters. The third kappa shape index (κ3) is 6.30. The van der Waals surface area contributed by atoms with E-state index in [9.17, 15) is 9.59 Å². The smallest absolute Gasteiger partial charge is 0.223 e. The molecule has 1 aliphatic rings. The van der Waals surface area contributed by atoms with E-state index in [1.165, 1.54) is 6.92 Å². The zero-order chi connectivity index (χ0) is 18.2. The van der Waals surface area contributed by atoms with Crippen molar-refractivity contribution in [3.05, 3.63) is 28.8 Å². The summed E-state index contributed by atoms with van der Waals surface area (Å²) in [5.74, 6) is -0.168. The molecule has 1 N–H and O–H groups in total. The zero-order valence-corrected chi connectivity index (χ0v) is 15.6. The highest BCUT2D eigenvalue weighted by Crippen LogP contribution is 2.23. The molecule has 1 heterocycles. The van der Waals surface area contributed by atoms with Gasteiger partial charge in [-0.1, -0.05) is 17.7 Å². The predicted octanol–water partition coefficient (Wildman–Crippen LogP) is 1.84.